The van der Waals surface area contributed by atoms with E-state index in [1.165, 1.54) is 0 Å². The lowest BCUT2D eigenvalue weighted by Crippen LogP contribution is -2.42. The fourth-order valence-corrected chi connectivity index (χ4v) is 1.59. The van der Waals surface area contributed by atoms with Crippen LogP contribution in [0.1, 0.15) is 6.42 Å². The van der Waals surface area contributed by atoms with Gasteiger partial charge in [0.05, 0.1) is 12.7 Å². The molecule has 0 N–H and O–H groups in total. The van der Waals surface area contributed by atoms with Crippen molar-refractivity contribution in [3.8, 4) is 6.07 Å². The van der Waals surface area contributed by atoms with Crippen molar-refractivity contribution in [1.29, 1.82) is 5.26 Å². The Bertz CT molecular complexity index is 200. The summed E-state index contributed by atoms with van der Waals surface area (Å²) in [6.45, 7) is 4.60. The second kappa shape index (κ2) is 5.97. The van der Waals surface area contributed by atoms with E-state index in [9.17, 15) is 0 Å². The smallest absolute Gasteiger partial charge is 0.156 e. The summed E-state index contributed by atoms with van der Waals surface area (Å²) in [6, 6.07) is 2.16. The van der Waals surface area contributed by atoms with Crippen molar-refractivity contribution in [3.05, 3.63) is 0 Å². The molecule has 4 heteroatoms. The summed E-state index contributed by atoms with van der Waals surface area (Å²) < 4.78 is 5.27. The molecule has 0 bridgehead atoms. The van der Waals surface area contributed by atoms with Crippen molar-refractivity contribution in [1.82, 2.24) is 9.80 Å². The van der Waals surface area contributed by atoms with Gasteiger partial charge in [0.2, 0.25) is 0 Å². The highest BCUT2D eigenvalue weighted by atomic mass is 16.5. The second-order valence-corrected chi connectivity index (χ2v) is 3.95. The minimum atomic E-state index is -0.219. The van der Waals surface area contributed by atoms with E-state index in [2.05, 4.69) is 30.0 Å². The minimum Gasteiger partial charge on any atom is -0.361 e. The van der Waals surface area contributed by atoms with Crippen LogP contribution >= 0.6 is 0 Å². The number of hydrogen-bond donors (Lipinski definition) is 0. The van der Waals surface area contributed by atoms with Crippen molar-refractivity contribution in [2.45, 2.75) is 12.5 Å². The third-order valence-corrected chi connectivity index (χ3v) is 2.37. The van der Waals surface area contributed by atoms with Crippen molar-refractivity contribution in [2.24, 2.45) is 0 Å². The van der Waals surface area contributed by atoms with Crippen molar-refractivity contribution in [3.63, 3.8) is 0 Å². The highest BCUT2D eigenvalue weighted by Crippen LogP contribution is 2.04. The van der Waals surface area contributed by atoms with Crippen LogP contribution in [0.2, 0.25) is 0 Å². The summed E-state index contributed by atoms with van der Waals surface area (Å²) in [6.07, 6.45) is 0.939. The molecule has 14 heavy (non-hydrogen) atoms. The third kappa shape index (κ3) is 4.05. The Labute approximate surface area is 86.0 Å². The summed E-state index contributed by atoms with van der Waals surface area (Å²) in [5.41, 5.74) is 0. The normalized spacial score (nSPS) is 23.7. The Morgan fingerprint density at radius 3 is 3.00 bits per heavy atom. The number of rotatable bonds is 4. The molecule has 4 nitrogen and oxygen atoms in total. The molecule has 0 amide bonds. The molecular weight excluding hydrogens is 178 g/mol. The van der Waals surface area contributed by atoms with Crippen molar-refractivity contribution >= 4 is 0 Å². The molecule has 1 rings (SSSR count). The molecule has 1 aliphatic heterocycles. The fourth-order valence-electron chi connectivity index (χ4n) is 1.59. The first kappa shape index (κ1) is 11.4. The van der Waals surface area contributed by atoms with E-state index in [0.29, 0.717) is 6.61 Å². The van der Waals surface area contributed by atoms with Gasteiger partial charge in [-0.05, 0) is 33.6 Å². The van der Waals surface area contributed by atoms with Crippen LogP contribution in [-0.4, -0.2) is 62.8 Å². The van der Waals surface area contributed by atoms with Gasteiger partial charge in [-0.25, -0.2) is 0 Å². The second-order valence-electron chi connectivity index (χ2n) is 3.95. The van der Waals surface area contributed by atoms with Gasteiger partial charge >= 0.3 is 0 Å². The van der Waals surface area contributed by atoms with Crippen LogP contribution in [0.3, 0.4) is 0 Å². The van der Waals surface area contributed by atoms with E-state index >= 15 is 0 Å². The number of ether oxygens (including phenoxy) is 1. The van der Waals surface area contributed by atoms with E-state index in [4.69, 9.17) is 10.00 Å². The SMILES string of the molecule is CN(C)CCCN1CCOC(C#N)C1. The Balaban J connectivity index is 2.15. The molecule has 0 spiro atoms. The molecule has 1 heterocycles. The first-order chi connectivity index (χ1) is 6.72. The van der Waals surface area contributed by atoms with Crippen molar-refractivity contribution < 1.29 is 4.74 Å². The summed E-state index contributed by atoms with van der Waals surface area (Å²) in [7, 11) is 4.16. The lowest BCUT2D eigenvalue weighted by molar-refractivity contribution is -0.000252. The molecular formula is C10H19N3O. The predicted octanol–water partition coefficient (Wildman–Crippen LogP) is 0.162. The average molecular weight is 197 g/mol. The van der Waals surface area contributed by atoms with Gasteiger partial charge in [0.1, 0.15) is 0 Å². The van der Waals surface area contributed by atoms with Crippen LogP contribution in [0.4, 0.5) is 0 Å². The van der Waals surface area contributed by atoms with Gasteiger partial charge in [-0.2, -0.15) is 5.26 Å². The maximum atomic E-state index is 8.71. The predicted molar refractivity (Wildman–Crippen MR) is 55.0 cm³/mol. The standard InChI is InChI=1S/C10H19N3O/c1-12(2)4-3-5-13-6-7-14-10(8-11)9-13/h10H,3-7,9H2,1-2H3. The topological polar surface area (TPSA) is 39.5 Å². The van der Waals surface area contributed by atoms with E-state index in [1.807, 2.05) is 0 Å². The summed E-state index contributed by atoms with van der Waals surface area (Å²) in [5, 5.41) is 8.71. The molecule has 1 fully saturated rings. The molecule has 0 aliphatic carbocycles. The van der Waals surface area contributed by atoms with Gasteiger partial charge in [0.25, 0.3) is 0 Å². The maximum absolute atomic E-state index is 8.71. The van der Waals surface area contributed by atoms with Crippen LogP contribution in [0, 0.1) is 11.3 Å². The zero-order chi connectivity index (χ0) is 10.4. The summed E-state index contributed by atoms with van der Waals surface area (Å²) >= 11 is 0. The number of morpholine rings is 1. The van der Waals surface area contributed by atoms with E-state index in [1.54, 1.807) is 0 Å². The van der Waals surface area contributed by atoms with Gasteiger partial charge in [-0.3, -0.25) is 4.90 Å². The lowest BCUT2D eigenvalue weighted by Gasteiger charge is -2.29. The van der Waals surface area contributed by atoms with E-state index in [-0.39, 0.29) is 6.10 Å². The molecule has 0 aromatic heterocycles. The monoisotopic (exact) mass is 197 g/mol. The van der Waals surface area contributed by atoms with Gasteiger partial charge in [-0.15, -0.1) is 0 Å². The molecule has 1 unspecified atom stereocenters. The van der Waals surface area contributed by atoms with Crippen molar-refractivity contribution in [2.75, 3.05) is 46.9 Å². The Morgan fingerprint density at radius 2 is 2.36 bits per heavy atom. The number of hydrogen-bond acceptors (Lipinski definition) is 4. The maximum Gasteiger partial charge on any atom is 0.156 e. The number of nitriles is 1. The average Bonchev–Trinajstić information content (AvgIpc) is 2.18. The van der Waals surface area contributed by atoms with Crippen LogP contribution in [0.25, 0.3) is 0 Å². The molecule has 0 saturated carbocycles. The van der Waals surface area contributed by atoms with Crippen LogP contribution in [0.5, 0.6) is 0 Å². The Hall–Kier alpha value is -0.630. The van der Waals surface area contributed by atoms with E-state index < -0.39 is 0 Å². The number of nitrogens with zero attached hydrogens (tertiary/aromatic N) is 3. The zero-order valence-corrected chi connectivity index (χ0v) is 9.07. The first-order valence-corrected chi connectivity index (χ1v) is 5.10. The first-order valence-electron chi connectivity index (χ1n) is 5.10. The van der Waals surface area contributed by atoms with Crippen LogP contribution in [-0.2, 0) is 4.74 Å². The highest BCUT2D eigenvalue weighted by Gasteiger charge is 2.18. The Kier molecular flexibility index (Phi) is 4.88. The molecule has 80 valence electrons. The van der Waals surface area contributed by atoms with Crippen LogP contribution < -0.4 is 0 Å². The fraction of sp³-hybridized carbons (Fsp3) is 0.900. The molecule has 0 aromatic carbocycles. The molecule has 1 aliphatic rings. The zero-order valence-electron chi connectivity index (χ0n) is 9.07. The molecule has 0 radical (unpaired) electrons. The Morgan fingerprint density at radius 1 is 1.57 bits per heavy atom. The minimum absolute atomic E-state index is 0.219. The largest absolute Gasteiger partial charge is 0.361 e. The molecule has 1 saturated heterocycles. The highest BCUT2D eigenvalue weighted by molar-refractivity contribution is 4.89. The van der Waals surface area contributed by atoms with Crippen LogP contribution in [0.15, 0.2) is 0 Å². The van der Waals surface area contributed by atoms with Gasteiger partial charge in [0.15, 0.2) is 6.10 Å². The van der Waals surface area contributed by atoms with Gasteiger partial charge in [-0.1, -0.05) is 0 Å². The van der Waals surface area contributed by atoms with E-state index in [0.717, 1.165) is 32.6 Å². The third-order valence-electron chi connectivity index (χ3n) is 2.37. The summed E-state index contributed by atoms with van der Waals surface area (Å²) in [5.74, 6) is 0. The quantitative estimate of drug-likeness (QED) is 0.644. The molecule has 0 aromatic rings. The lowest BCUT2D eigenvalue weighted by atomic mass is 10.2. The van der Waals surface area contributed by atoms with Gasteiger partial charge < -0.3 is 9.64 Å². The molecule has 1 atom stereocenters. The summed E-state index contributed by atoms with van der Waals surface area (Å²) in [4.78, 5) is 4.49. The van der Waals surface area contributed by atoms with Gasteiger partial charge in [0, 0.05) is 13.1 Å².